The van der Waals surface area contributed by atoms with E-state index in [9.17, 15) is 36.6 Å². The molecule has 2 N–H and O–H groups in total. The molecule has 1 saturated heterocycles. The van der Waals surface area contributed by atoms with Gasteiger partial charge in [-0.1, -0.05) is 0 Å². The second-order valence-corrected chi connectivity index (χ2v) is 9.02. The lowest BCUT2D eigenvalue weighted by molar-refractivity contribution is -0.215. The van der Waals surface area contributed by atoms with Crippen LogP contribution in [0.5, 0.6) is 0 Å². The molecule has 1 atom stereocenters. The number of rotatable bonds is 4. The van der Waals surface area contributed by atoms with Crippen LogP contribution in [-0.4, -0.2) is 56.5 Å². The number of anilines is 1. The molecule has 3 aromatic rings. The van der Waals surface area contributed by atoms with Crippen molar-refractivity contribution in [1.29, 1.82) is 0 Å². The van der Waals surface area contributed by atoms with Crippen LogP contribution in [0.3, 0.4) is 0 Å². The Kier molecular flexibility index (Phi) is 5.69. The fourth-order valence-electron chi connectivity index (χ4n) is 4.52. The molecular formula is C23H20F5N5O3. The molecule has 13 heteroatoms. The average Bonchev–Trinajstić information content (AvgIpc) is 3.22. The first-order valence-electron chi connectivity index (χ1n) is 11.2. The smallest absolute Gasteiger partial charge is 0.391 e. The van der Waals surface area contributed by atoms with E-state index >= 15 is 0 Å². The molecule has 36 heavy (non-hydrogen) atoms. The summed E-state index contributed by atoms with van der Waals surface area (Å²) in [5.74, 6) is -3.55. The van der Waals surface area contributed by atoms with E-state index in [1.54, 1.807) is 4.90 Å². The number of nitrogens with zero attached hydrogens (tertiary/aromatic N) is 4. The summed E-state index contributed by atoms with van der Waals surface area (Å²) in [6.45, 7) is 0.735. The number of carbonyl (C=O) groups is 1. The highest BCUT2D eigenvalue weighted by atomic mass is 19.4. The zero-order chi connectivity index (χ0) is 25.8. The minimum absolute atomic E-state index is 0.136. The van der Waals surface area contributed by atoms with Crippen molar-refractivity contribution in [3.63, 3.8) is 0 Å². The third-order valence-corrected chi connectivity index (χ3v) is 6.69. The number of amides is 1. The molecule has 4 heterocycles. The van der Waals surface area contributed by atoms with Crippen molar-refractivity contribution in [2.75, 3.05) is 18.0 Å². The van der Waals surface area contributed by atoms with E-state index in [2.05, 4.69) is 9.97 Å². The van der Waals surface area contributed by atoms with E-state index in [0.29, 0.717) is 24.8 Å². The zero-order valence-corrected chi connectivity index (χ0v) is 18.6. The van der Waals surface area contributed by atoms with Gasteiger partial charge in [-0.15, -0.1) is 0 Å². The van der Waals surface area contributed by atoms with Crippen LogP contribution >= 0.6 is 0 Å². The second kappa shape index (κ2) is 8.50. The van der Waals surface area contributed by atoms with Gasteiger partial charge in [-0.2, -0.15) is 13.2 Å². The Morgan fingerprint density at radius 2 is 1.97 bits per heavy atom. The van der Waals surface area contributed by atoms with E-state index < -0.39 is 52.2 Å². The van der Waals surface area contributed by atoms with Gasteiger partial charge in [-0.3, -0.25) is 14.2 Å². The number of aromatic nitrogens is 3. The standard InChI is InChI=1S/C23H20F5N5O3/c24-12-8-16(25)20(29-9-12)33-11-15(21(36)31-22(5-1-6-22)23(26,27)28)18(35)14-2-3-17(30-19(14)33)32-7-4-13(34)10-32/h2-3,8-9,11,13,34H,1,4-7,10H2,(H,31,36). The minimum Gasteiger partial charge on any atom is -0.391 e. The molecular weight excluding hydrogens is 489 g/mol. The Bertz CT molecular complexity index is 1420. The number of aliphatic hydroxyl groups is 1. The van der Waals surface area contributed by atoms with Crippen molar-refractivity contribution in [1.82, 2.24) is 19.9 Å². The number of hydrogen-bond acceptors (Lipinski definition) is 6. The number of alkyl halides is 3. The Labute approximate surface area is 200 Å². The molecule has 5 rings (SSSR count). The van der Waals surface area contributed by atoms with Gasteiger partial charge in [0.1, 0.15) is 22.7 Å². The summed E-state index contributed by atoms with van der Waals surface area (Å²) in [5, 5.41) is 11.6. The van der Waals surface area contributed by atoms with E-state index in [0.717, 1.165) is 17.0 Å². The highest BCUT2D eigenvalue weighted by Gasteiger charge is 2.59. The molecule has 0 radical (unpaired) electrons. The number of fused-ring (bicyclic) bond motifs is 1. The maximum Gasteiger partial charge on any atom is 0.411 e. The van der Waals surface area contributed by atoms with Crippen molar-refractivity contribution in [3.05, 3.63) is 58.0 Å². The number of aliphatic hydroxyl groups excluding tert-OH is 1. The highest BCUT2D eigenvalue weighted by molar-refractivity contribution is 5.98. The van der Waals surface area contributed by atoms with Crippen LogP contribution in [0.1, 0.15) is 36.0 Å². The molecule has 1 aliphatic carbocycles. The Balaban J connectivity index is 1.67. The molecule has 0 bridgehead atoms. The normalized spacial score (nSPS) is 19.4. The highest BCUT2D eigenvalue weighted by Crippen LogP contribution is 2.45. The van der Waals surface area contributed by atoms with Crippen molar-refractivity contribution in [2.24, 2.45) is 0 Å². The van der Waals surface area contributed by atoms with Crippen LogP contribution in [-0.2, 0) is 0 Å². The van der Waals surface area contributed by atoms with Gasteiger partial charge in [-0.25, -0.2) is 18.7 Å². The quantitative estimate of drug-likeness (QED) is 0.525. The van der Waals surface area contributed by atoms with Crippen molar-refractivity contribution < 1.29 is 31.9 Å². The van der Waals surface area contributed by atoms with Gasteiger partial charge in [0.2, 0.25) is 5.43 Å². The van der Waals surface area contributed by atoms with Gasteiger partial charge in [0, 0.05) is 25.4 Å². The summed E-state index contributed by atoms with van der Waals surface area (Å²) >= 11 is 0. The summed E-state index contributed by atoms with van der Waals surface area (Å²) in [5.41, 5.74) is -4.16. The van der Waals surface area contributed by atoms with E-state index in [1.165, 1.54) is 12.1 Å². The number of hydrogen-bond donors (Lipinski definition) is 2. The van der Waals surface area contributed by atoms with Gasteiger partial charge in [-0.05, 0) is 37.8 Å². The van der Waals surface area contributed by atoms with Crippen LogP contribution in [0.25, 0.3) is 16.9 Å². The molecule has 2 fully saturated rings. The van der Waals surface area contributed by atoms with E-state index in [1.807, 2.05) is 5.32 Å². The van der Waals surface area contributed by atoms with Gasteiger partial charge >= 0.3 is 6.18 Å². The number of halogens is 5. The summed E-state index contributed by atoms with van der Waals surface area (Å²) in [6, 6.07) is 3.33. The molecule has 0 spiro atoms. The van der Waals surface area contributed by atoms with Crippen LogP contribution < -0.4 is 15.6 Å². The molecule has 1 unspecified atom stereocenters. The van der Waals surface area contributed by atoms with Gasteiger partial charge in [0.05, 0.1) is 17.7 Å². The van der Waals surface area contributed by atoms with Crippen LogP contribution in [0.15, 0.2) is 35.4 Å². The Morgan fingerprint density at radius 1 is 1.22 bits per heavy atom. The third-order valence-electron chi connectivity index (χ3n) is 6.69. The SMILES string of the molecule is O=C(NC1(C(F)(F)F)CCC1)c1cn(-c2ncc(F)cc2F)c2nc(N3CCC(O)C3)ccc2c1=O. The molecule has 190 valence electrons. The first-order chi connectivity index (χ1) is 17.0. The summed E-state index contributed by atoms with van der Waals surface area (Å²) in [7, 11) is 0. The first kappa shape index (κ1) is 24.1. The lowest BCUT2D eigenvalue weighted by Gasteiger charge is -2.43. The summed E-state index contributed by atoms with van der Waals surface area (Å²) < 4.78 is 70.0. The molecule has 1 amide bonds. The fourth-order valence-corrected chi connectivity index (χ4v) is 4.52. The first-order valence-corrected chi connectivity index (χ1v) is 11.2. The molecule has 0 aromatic carbocycles. The largest absolute Gasteiger partial charge is 0.411 e. The molecule has 8 nitrogen and oxygen atoms in total. The predicted molar refractivity (Wildman–Crippen MR) is 118 cm³/mol. The third kappa shape index (κ3) is 3.96. The summed E-state index contributed by atoms with van der Waals surface area (Å²) in [4.78, 5) is 36.0. The lowest BCUT2D eigenvalue weighted by Crippen LogP contribution is -2.63. The second-order valence-electron chi connectivity index (χ2n) is 9.02. The van der Waals surface area contributed by atoms with Crippen LogP contribution in [0.4, 0.5) is 27.8 Å². The number of nitrogens with one attached hydrogen (secondary N) is 1. The van der Waals surface area contributed by atoms with Crippen molar-refractivity contribution >= 4 is 22.8 Å². The summed E-state index contributed by atoms with van der Waals surface area (Å²) in [6.07, 6.45) is -3.64. The number of pyridine rings is 3. The number of carbonyl (C=O) groups excluding carboxylic acids is 1. The van der Waals surface area contributed by atoms with E-state index in [-0.39, 0.29) is 36.8 Å². The monoisotopic (exact) mass is 509 g/mol. The number of β-amino-alcohol motifs (C(OH)–C–C–N with tert-alkyl or cyclic N) is 1. The maximum absolute atomic E-state index is 14.7. The Hall–Kier alpha value is -3.61. The average molecular weight is 509 g/mol. The van der Waals surface area contributed by atoms with Crippen molar-refractivity contribution in [2.45, 2.75) is 43.5 Å². The van der Waals surface area contributed by atoms with Crippen LogP contribution in [0, 0.1) is 11.6 Å². The topological polar surface area (TPSA) is 100 Å². The van der Waals surface area contributed by atoms with Crippen LogP contribution in [0.2, 0.25) is 0 Å². The van der Waals surface area contributed by atoms with Gasteiger partial charge < -0.3 is 15.3 Å². The fraction of sp³-hybridized carbons (Fsp3) is 0.391. The predicted octanol–water partition coefficient (Wildman–Crippen LogP) is 2.84. The Morgan fingerprint density at radius 3 is 2.56 bits per heavy atom. The van der Waals surface area contributed by atoms with E-state index in [4.69, 9.17) is 0 Å². The maximum atomic E-state index is 14.7. The molecule has 1 aliphatic heterocycles. The molecule has 2 aliphatic rings. The molecule has 1 saturated carbocycles. The zero-order valence-electron chi connectivity index (χ0n) is 18.6. The lowest BCUT2D eigenvalue weighted by atomic mass is 9.76. The molecule has 3 aromatic heterocycles. The van der Waals surface area contributed by atoms with Crippen molar-refractivity contribution in [3.8, 4) is 5.82 Å². The minimum atomic E-state index is -4.72. The van der Waals surface area contributed by atoms with Gasteiger partial charge in [0.25, 0.3) is 5.91 Å². The van der Waals surface area contributed by atoms with Gasteiger partial charge in [0.15, 0.2) is 17.3 Å².